The molecule has 3 aromatic rings. The highest BCUT2D eigenvalue weighted by atomic mass is 79.9. The summed E-state index contributed by atoms with van der Waals surface area (Å²) >= 11 is 5.95. The Bertz CT molecular complexity index is 1000. The Balaban J connectivity index is 2.15. The van der Waals surface area contributed by atoms with E-state index in [1.54, 1.807) is 12.1 Å². The second-order valence-corrected chi connectivity index (χ2v) is 8.44. The van der Waals surface area contributed by atoms with E-state index in [0.717, 1.165) is 20.4 Å². The first-order chi connectivity index (χ1) is 11.5. The van der Waals surface area contributed by atoms with Crippen molar-refractivity contribution in [3.8, 4) is 0 Å². The van der Waals surface area contributed by atoms with E-state index in [4.69, 9.17) is 0 Å². The Kier molecular flexibility index (Phi) is 4.93. The van der Waals surface area contributed by atoms with Gasteiger partial charge >= 0.3 is 0 Å². The van der Waals surface area contributed by atoms with E-state index < -0.39 is 4.92 Å². The second kappa shape index (κ2) is 6.96. The summed E-state index contributed by atoms with van der Waals surface area (Å²) in [5.74, 6) is -0.309. The largest absolute Gasteiger partial charge is 0.316 e. The van der Waals surface area contributed by atoms with Crippen LogP contribution in [0.25, 0.3) is 10.2 Å². The number of thiazole rings is 1. The lowest BCUT2D eigenvalue weighted by Gasteiger charge is -2.02. The zero-order valence-electron chi connectivity index (χ0n) is 12.6. The molecule has 0 aliphatic carbocycles. The lowest BCUT2D eigenvalue weighted by Crippen LogP contribution is -2.16. The van der Waals surface area contributed by atoms with Crippen molar-refractivity contribution < 1.29 is 9.72 Å². The first-order valence-corrected chi connectivity index (χ1v) is 9.54. The van der Waals surface area contributed by atoms with Crippen LogP contribution >= 0.6 is 38.6 Å². The fraction of sp³-hybridized carbons (Fsp3) is 0.200. The fourth-order valence-corrected chi connectivity index (χ4v) is 4.63. The summed E-state index contributed by atoms with van der Waals surface area (Å²) in [5.41, 5.74) is 0.888. The number of hydrogen-bond acceptors (Lipinski definition) is 5. The van der Waals surface area contributed by atoms with Gasteiger partial charge in [0, 0.05) is 18.7 Å². The molecule has 9 heteroatoms. The van der Waals surface area contributed by atoms with E-state index in [1.807, 2.05) is 17.6 Å². The number of halogens is 1. The molecule has 1 aromatic carbocycles. The Morgan fingerprint density at radius 1 is 1.33 bits per heavy atom. The molecule has 0 N–H and O–H groups in total. The van der Waals surface area contributed by atoms with E-state index in [1.165, 1.54) is 34.8 Å². The zero-order chi connectivity index (χ0) is 17.3. The van der Waals surface area contributed by atoms with Crippen molar-refractivity contribution in [2.75, 3.05) is 0 Å². The molecule has 0 aliphatic rings. The van der Waals surface area contributed by atoms with Crippen molar-refractivity contribution >= 4 is 60.4 Å². The van der Waals surface area contributed by atoms with Crippen molar-refractivity contribution in [2.24, 2.45) is 4.99 Å². The first kappa shape index (κ1) is 17.0. The van der Waals surface area contributed by atoms with Crippen LogP contribution in [0.4, 0.5) is 5.69 Å². The number of carbonyl (C=O) groups excluding carboxylic acids is 1. The number of nitro groups is 1. The predicted molar refractivity (Wildman–Crippen MR) is 98.7 cm³/mol. The highest BCUT2D eigenvalue weighted by molar-refractivity contribution is 9.11. The Morgan fingerprint density at radius 3 is 2.75 bits per heavy atom. The molecule has 6 nitrogen and oxygen atoms in total. The van der Waals surface area contributed by atoms with Gasteiger partial charge in [-0.1, -0.05) is 18.3 Å². The third kappa shape index (κ3) is 3.33. The van der Waals surface area contributed by atoms with Crippen LogP contribution in [0.1, 0.15) is 23.0 Å². The van der Waals surface area contributed by atoms with Crippen LogP contribution in [0.15, 0.2) is 39.1 Å². The molecular formula is C15H12BrN3O3S2. The third-order valence-corrected chi connectivity index (χ3v) is 5.96. The van der Waals surface area contributed by atoms with E-state index in [2.05, 4.69) is 20.9 Å². The Labute approximate surface area is 153 Å². The molecule has 3 rings (SSSR count). The molecule has 2 aromatic heterocycles. The first-order valence-electron chi connectivity index (χ1n) is 7.11. The number of rotatable bonds is 4. The number of hydrogen-bond donors (Lipinski definition) is 0. The summed E-state index contributed by atoms with van der Waals surface area (Å²) in [5, 5.41) is 10.9. The van der Waals surface area contributed by atoms with E-state index in [-0.39, 0.29) is 11.6 Å². The minimum absolute atomic E-state index is 0.0347. The summed E-state index contributed by atoms with van der Waals surface area (Å²) in [7, 11) is 0. The summed E-state index contributed by atoms with van der Waals surface area (Å²) < 4.78 is 3.55. The number of thiophene rings is 1. The maximum Gasteiger partial charge on any atom is 0.289 e. The highest BCUT2D eigenvalue weighted by Crippen LogP contribution is 2.25. The lowest BCUT2D eigenvalue weighted by atomic mass is 10.3. The molecular weight excluding hydrogens is 414 g/mol. The van der Waals surface area contributed by atoms with Crippen LogP contribution < -0.4 is 4.80 Å². The van der Waals surface area contributed by atoms with Crippen LogP contribution in [-0.4, -0.2) is 15.4 Å². The average Bonchev–Trinajstić information content (AvgIpc) is 3.11. The van der Waals surface area contributed by atoms with Gasteiger partial charge in [0.25, 0.3) is 11.6 Å². The smallest absolute Gasteiger partial charge is 0.289 e. The summed E-state index contributed by atoms with van der Waals surface area (Å²) in [4.78, 5) is 28.2. The highest BCUT2D eigenvalue weighted by Gasteiger charge is 2.13. The molecule has 24 heavy (non-hydrogen) atoms. The van der Waals surface area contributed by atoms with Gasteiger partial charge in [-0.05, 0) is 40.5 Å². The number of amides is 1. The van der Waals surface area contributed by atoms with Crippen molar-refractivity contribution in [1.82, 2.24) is 4.57 Å². The van der Waals surface area contributed by atoms with Crippen LogP contribution in [-0.2, 0) is 6.54 Å². The maximum atomic E-state index is 12.3. The van der Waals surface area contributed by atoms with Gasteiger partial charge in [0.2, 0.25) is 0 Å². The predicted octanol–water partition coefficient (Wildman–Crippen LogP) is 4.59. The number of non-ortho nitro benzene ring substituents is 1. The number of aryl methyl sites for hydroxylation is 1. The quantitative estimate of drug-likeness (QED) is 0.452. The van der Waals surface area contributed by atoms with Crippen LogP contribution in [0, 0.1) is 10.1 Å². The fourth-order valence-electron chi connectivity index (χ4n) is 2.27. The van der Waals surface area contributed by atoms with Gasteiger partial charge in [-0.3, -0.25) is 14.9 Å². The number of carbonyl (C=O) groups is 1. The van der Waals surface area contributed by atoms with Gasteiger partial charge in [-0.25, -0.2) is 0 Å². The van der Waals surface area contributed by atoms with Crippen molar-refractivity contribution in [1.29, 1.82) is 0 Å². The van der Waals surface area contributed by atoms with Crippen LogP contribution in [0.5, 0.6) is 0 Å². The SMILES string of the molecule is CCCn1c(=NC(=O)c2ccc(Br)s2)sc2cc([N+](=O)[O-])ccc21. The molecule has 0 fully saturated rings. The van der Waals surface area contributed by atoms with Crippen LogP contribution in [0.2, 0.25) is 0 Å². The summed E-state index contributed by atoms with van der Waals surface area (Å²) in [6, 6.07) is 8.25. The molecule has 2 heterocycles. The monoisotopic (exact) mass is 425 g/mol. The molecule has 0 radical (unpaired) electrons. The molecule has 0 aliphatic heterocycles. The summed E-state index contributed by atoms with van der Waals surface area (Å²) in [6.07, 6.45) is 0.870. The van der Waals surface area contributed by atoms with Gasteiger partial charge in [0.05, 0.1) is 23.8 Å². The maximum absolute atomic E-state index is 12.3. The number of fused-ring (bicyclic) bond motifs is 1. The van der Waals surface area contributed by atoms with Crippen LogP contribution in [0.3, 0.4) is 0 Å². The van der Waals surface area contributed by atoms with Gasteiger partial charge in [-0.15, -0.1) is 11.3 Å². The van der Waals surface area contributed by atoms with E-state index in [0.29, 0.717) is 16.2 Å². The average molecular weight is 426 g/mol. The minimum atomic E-state index is -0.422. The second-order valence-electron chi connectivity index (χ2n) is 4.97. The molecule has 0 spiro atoms. The molecule has 0 saturated heterocycles. The van der Waals surface area contributed by atoms with E-state index in [9.17, 15) is 14.9 Å². The number of nitrogens with zero attached hydrogens (tertiary/aromatic N) is 3. The number of nitro benzene ring substituents is 1. The third-order valence-electron chi connectivity index (χ3n) is 3.31. The van der Waals surface area contributed by atoms with E-state index >= 15 is 0 Å². The Hall–Kier alpha value is -1.84. The van der Waals surface area contributed by atoms with Gasteiger partial charge in [-0.2, -0.15) is 4.99 Å². The normalized spacial score (nSPS) is 12.0. The summed E-state index contributed by atoms with van der Waals surface area (Å²) in [6.45, 7) is 2.72. The standard InChI is InChI=1S/C15H12BrN3O3S2/c1-2-7-18-10-4-3-9(19(21)22)8-12(10)24-15(18)17-14(20)11-5-6-13(16)23-11/h3-6,8H,2,7H2,1H3. The van der Waals surface area contributed by atoms with Crippen molar-refractivity contribution in [2.45, 2.75) is 19.9 Å². The Morgan fingerprint density at radius 2 is 2.12 bits per heavy atom. The lowest BCUT2D eigenvalue weighted by molar-refractivity contribution is -0.384. The minimum Gasteiger partial charge on any atom is -0.316 e. The van der Waals surface area contributed by atoms with Gasteiger partial charge in [0.15, 0.2) is 4.80 Å². The molecule has 0 atom stereocenters. The number of benzene rings is 1. The van der Waals surface area contributed by atoms with Gasteiger partial charge in [0.1, 0.15) is 0 Å². The van der Waals surface area contributed by atoms with Gasteiger partial charge < -0.3 is 4.57 Å². The molecule has 0 bridgehead atoms. The van der Waals surface area contributed by atoms with Crippen molar-refractivity contribution in [3.05, 3.63) is 53.9 Å². The van der Waals surface area contributed by atoms with Crippen molar-refractivity contribution in [3.63, 3.8) is 0 Å². The molecule has 1 amide bonds. The molecule has 0 unspecified atom stereocenters. The molecule has 0 saturated carbocycles. The topological polar surface area (TPSA) is 77.5 Å². The zero-order valence-corrected chi connectivity index (χ0v) is 15.8. The molecule has 124 valence electrons. The number of aromatic nitrogens is 1.